The highest BCUT2D eigenvalue weighted by atomic mass is 16.5. The summed E-state index contributed by atoms with van der Waals surface area (Å²) in [4.78, 5) is 13.3. The first-order valence-electron chi connectivity index (χ1n) is 5.65. The van der Waals surface area contributed by atoms with Crippen molar-refractivity contribution in [1.82, 2.24) is 4.90 Å². The molecule has 0 aliphatic heterocycles. The van der Waals surface area contributed by atoms with Crippen LogP contribution in [0.4, 0.5) is 0 Å². The van der Waals surface area contributed by atoms with Gasteiger partial charge in [0.1, 0.15) is 0 Å². The van der Waals surface area contributed by atoms with Gasteiger partial charge in [0, 0.05) is 33.7 Å². The van der Waals surface area contributed by atoms with Crippen molar-refractivity contribution < 1.29 is 9.53 Å². The minimum Gasteiger partial charge on any atom is -0.385 e. The maximum Gasteiger partial charge on any atom is 0.222 e. The van der Waals surface area contributed by atoms with E-state index in [0.29, 0.717) is 13.0 Å². The Bertz CT molecular complexity index is 163. The first kappa shape index (κ1) is 14.4. The SMILES string of the molecule is COCCCN(C)C(=O)CCCCCN. The Morgan fingerprint density at radius 3 is 2.60 bits per heavy atom. The summed E-state index contributed by atoms with van der Waals surface area (Å²) in [6.07, 6.45) is 4.56. The maximum absolute atomic E-state index is 11.6. The number of methoxy groups -OCH3 is 1. The van der Waals surface area contributed by atoms with Crippen LogP contribution in [0.2, 0.25) is 0 Å². The van der Waals surface area contributed by atoms with Crippen LogP contribution < -0.4 is 5.73 Å². The topological polar surface area (TPSA) is 55.6 Å². The molecule has 0 aliphatic carbocycles. The van der Waals surface area contributed by atoms with Gasteiger partial charge in [0.05, 0.1) is 0 Å². The number of rotatable bonds is 9. The van der Waals surface area contributed by atoms with Crippen molar-refractivity contribution in [3.63, 3.8) is 0 Å². The number of hydrogen-bond donors (Lipinski definition) is 1. The molecule has 0 aromatic rings. The van der Waals surface area contributed by atoms with E-state index in [0.717, 1.165) is 38.8 Å². The molecule has 0 bridgehead atoms. The predicted octanol–water partition coefficient (Wildman–Crippen LogP) is 1.00. The maximum atomic E-state index is 11.6. The van der Waals surface area contributed by atoms with Crippen LogP contribution in [-0.4, -0.2) is 44.7 Å². The summed E-state index contributed by atoms with van der Waals surface area (Å²) in [5, 5.41) is 0. The summed E-state index contributed by atoms with van der Waals surface area (Å²) in [7, 11) is 3.52. The Morgan fingerprint density at radius 1 is 1.27 bits per heavy atom. The van der Waals surface area contributed by atoms with E-state index in [9.17, 15) is 4.79 Å². The zero-order valence-corrected chi connectivity index (χ0v) is 10.00. The van der Waals surface area contributed by atoms with Gasteiger partial charge in [-0.3, -0.25) is 4.79 Å². The second-order valence-corrected chi connectivity index (χ2v) is 3.76. The molecule has 0 unspecified atom stereocenters. The number of nitrogens with two attached hydrogens (primary N) is 1. The molecule has 0 fully saturated rings. The minimum absolute atomic E-state index is 0.225. The van der Waals surface area contributed by atoms with Crippen molar-refractivity contribution in [3.05, 3.63) is 0 Å². The summed E-state index contributed by atoms with van der Waals surface area (Å²) in [5.74, 6) is 0.225. The van der Waals surface area contributed by atoms with Crippen molar-refractivity contribution in [2.24, 2.45) is 5.73 Å². The third kappa shape index (κ3) is 8.39. The molecule has 15 heavy (non-hydrogen) atoms. The Kier molecular flexibility index (Phi) is 9.52. The van der Waals surface area contributed by atoms with Gasteiger partial charge in [-0.2, -0.15) is 0 Å². The quantitative estimate of drug-likeness (QED) is 0.585. The molecule has 0 saturated carbocycles. The van der Waals surface area contributed by atoms with E-state index in [1.54, 1.807) is 12.0 Å². The fourth-order valence-electron chi connectivity index (χ4n) is 1.36. The van der Waals surface area contributed by atoms with Crippen LogP contribution in [-0.2, 0) is 9.53 Å². The van der Waals surface area contributed by atoms with Gasteiger partial charge in [-0.25, -0.2) is 0 Å². The van der Waals surface area contributed by atoms with E-state index in [1.165, 1.54) is 0 Å². The molecule has 0 aromatic heterocycles. The van der Waals surface area contributed by atoms with Crippen LogP contribution in [0.25, 0.3) is 0 Å². The van der Waals surface area contributed by atoms with E-state index in [-0.39, 0.29) is 5.91 Å². The van der Waals surface area contributed by atoms with E-state index >= 15 is 0 Å². The number of unbranched alkanes of at least 4 members (excludes halogenated alkanes) is 2. The molecular weight excluding hydrogens is 192 g/mol. The zero-order chi connectivity index (χ0) is 11.5. The Morgan fingerprint density at radius 2 is 2.00 bits per heavy atom. The highest BCUT2D eigenvalue weighted by molar-refractivity contribution is 5.75. The Balaban J connectivity index is 3.42. The van der Waals surface area contributed by atoms with Crippen LogP contribution >= 0.6 is 0 Å². The molecule has 1 amide bonds. The van der Waals surface area contributed by atoms with Crippen LogP contribution in [0, 0.1) is 0 Å². The van der Waals surface area contributed by atoms with Gasteiger partial charge in [0.15, 0.2) is 0 Å². The Labute approximate surface area is 92.8 Å². The summed E-state index contributed by atoms with van der Waals surface area (Å²) in [5.41, 5.74) is 5.38. The third-order valence-electron chi connectivity index (χ3n) is 2.36. The number of carbonyl (C=O) groups excluding carboxylic acids is 1. The van der Waals surface area contributed by atoms with E-state index in [1.807, 2.05) is 7.05 Å². The molecule has 0 spiro atoms. The molecular formula is C11H24N2O2. The van der Waals surface area contributed by atoms with E-state index in [4.69, 9.17) is 10.5 Å². The number of amides is 1. The smallest absolute Gasteiger partial charge is 0.222 e. The molecule has 4 nitrogen and oxygen atoms in total. The summed E-state index contributed by atoms with van der Waals surface area (Å²) in [6.45, 7) is 2.21. The molecule has 0 aromatic carbocycles. The van der Waals surface area contributed by atoms with Crippen molar-refractivity contribution >= 4 is 5.91 Å². The largest absolute Gasteiger partial charge is 0.385 e. The van der Waals surface area contributed by atoms with Crippen molar-refractivity contribution in [2.75, 3.05) is 33.9 Å². The van der Waals surface area contributed by atoms with Crippen molar-refractivity contribution in [3.8, 4) is 0 Å². The second kappa shape index (κ2) is 9.93. The average Bonchev–Trinajstić information content (AvgIpc) is 2.24. The lowest BCUT2D eigenvalue weighted by molar-refractivity contribution is -0.130. The zero-order valence-electron chi connectivity index (χ0n) is 10.00. The predicted molar refractivity (Wildman–Crippen MR) is 61.7 cm³/mol. The number of nitrogens with zero attached hydrogens (tertiary/aromatic N) is 1. The highest BCUT2D eigenvalue weighted by Crippen LogP contribution is 2.02. The fraction of sp³-hybridized carbons (Fsp3) is 0.909. The lowest BCUT2D eigenvalue weighted by atomic mass is 10.2. The number of carbonyl (C=O) groups is 1. The molecule has 2 N–H and O–H groups in total. The highest BCUT2D eigenvalue weighted by Gasteiger charge is 2.06. The molecule has 0 heterocycles. The van der Waals surface area contributed by atoms with Gasteiger partial charge in [0.25, 0.3) is 0 Å². The van der Waals surface area contributed by atoms with Gasteiger partial charge >= 0.3 is 0 Å². The van der Waals surface area contributed by atoms with Crippen LogP contribution in [0.15, 0.2) is 0 Å². The molecule has 0 rings (SSSR count). The fourth-order valence-corrected chi connectivity index (χ4v) is 1.36. The van der Waals surface area contributed by atoms with Gasteiger partial charge < -0.3 is 15.4 Å². The molecule has 4 heteroatoms. The van der Waals surface area contributed by atoms with Crippen LogP contribution in [0.1, 0.15) is 32.1 Å². The number of ether oxygens (including phenoxy) is 1. The normalized spacial score (nSPS) is 10.3. The van der Waals surface area contributed by atoms with Crippen molar-refractivity contribution in [1.29, 1.82) is 0 Å². The molecule has 0 saturated heterocycles. The summed E-state index contributed by atoms with van der Waals surface area (Å²) < 4.78 is 4.93. The second-order valence-electron chi connectivity index (χ2n) is 3.76. The molecule has 90 valence electrons. The Hall–Kier alpha value is -0.610. The minimum atomic E-state index is 0.225. The standard InChI is InChI=1S/C11H24N2O2/c1-13(9-6-10-15-2)11(14)7-4-3-5-8-12/h3-10,12H2,1-2H3. The number of hydrogen-bond acceptors (Lipinski definition) is 3. The first-order valence-corrected chi connectivity index (χ1v) is 5.65. The summed E-state index contributed by atoms with van der Waals surface area (Å²) >= 11 is 0. The molecule has 0 atom stereocenters. The van der Waals surface area contributed by atoms with Gasteiger partial charge in [-0.1, -0.05) is 6.42 Å². The van der Waals surface area contributed by atoms with Crippen molar-refractivity contribution in [2.45, 2.75) is 32.1 Å². The van der Waals surface area contributed by atoms with Gasteiger partial charge in [0.2, 0.25) is 5.91 Å². The lowest BCUT2D eigenvalue weighted by Crippen LogP contribution is -2.28. The van der Waals surface area contributed by atoms with Crippen LogP contribution in [0.5, 0.6) is 0 Å². The van der Waals surface area contributed by atoms with Crippen LogP contribution in [0.3, 0.4) is 0 Å². The summed E-state index contributed by atoms with van der Waals surface area (Å²) in [6, 6.07) is 0. The van der Waals surface area contributed by atoms with E-state index in [2.05, 4.69) is 0 Å². The van der Waals surface area contributed by atoms with Gasteiger partial charge in [-0.05, 0) is 25.8 Å². The third-order valence-corrected chi connectivity index (χ3v) is 2.36. The molecule has 0 radical (unpaired) electrons. The lowest BCUT2D eigenvalue weighted by Gasteiger charge is -2.16. The average molecular weight is 216 g/mol. The molecule has 0 aliphatic rings. The monoisotopic (exact) mass is 216 g/mol. The van der Waals surface area contributed by atoms with E-state index < -0.39 is 0 Å². The first-order chi connectivity index (χ1) is 7.22. The van der Waals surface area contributed by atoms with Gasteiger partial charge in [-0.15, -0.1) is 0 Å².